The first-order chi connectivity index (χ1) is 14.0. The van der Waals surface area contributed by atoms with E-state index >= 15 is 0 Å². The monoisotopic (exact) mass is 426 g/mol. The minimum absolute atomic E-state index is 0.0537. The molecule has 3 heterocycles. The Hall–Kier alpha value is -1.28. The number of esters is 1. The number of aliphatic hydroxyl groups excluding tert-OH is 1. The number of hydrogen-bond acceptors (Lipinski definition) is 6. The molecule has 8 heteroatoms. The number of amides is 2. The number of hydrogen-bond donors (Lipinski definition) is 2. The highest BCUT2D eigenvalue weighted by molar-refractivity contribution is 8.02. The number of aliphatic hydroxyl groups is 1. The minimum Gasteiger partial charge on any atom is -0.466 e. The zero-order chi connectivity index (χ0) is 21.0. The molecule has 2 N–H and O–H groups in total. The van der Waals surface area contributed by atoms with Gasteiger partial charge in [0.2, 0.25) is 11.8 Å². The van der Waals surface area contributed by atoms with Gasteiger partial charge in [-0.15, -0.1) is 11.8 Å². The standard InChI is InChI=1S/C21H34N2O5S/c1-3-5-6-11-22-18(25)17-21-10-9-14(29-21)15(20(27)28-4-2)16(21)19(26)23(17)12-7-8-13-24/h14-17,24H,3-13H2,1-2H3,(H,22,25)/t14-,15+,16+,17?,21?/m1/s1. The van der Waals surface area contributed by atoms with Crippen LogP contribution in [0.1, 0.15) is 58.8 Å². The van der Waals surface area contributed by atoms with Crippen LogP contribution in [-0.2, 0) is 19.1 Å². The van der Waals surface area contributed by atoms with E-state index in [9.17, 15) is 14.4 Å². The summed E-state index contributed by atoms with van der Waals surface area (Å²) in [4.78, 5) is 41.0. The molecule has 3 saturated heterocycles. The zero-order valence-electron chi connectivity index (χ0n) is 17.5. The van der Waals surface area contributed by atoms with E-state index in [0.29, 0.717) is 32.5 Å². The van der Waals surface area contributed by atoms with Crippen LogP contribution in [0.5, 0.6) is 0 Å². The molecule has 0 saturated carbocycles. The number of likely N-dealkylation sites (tertiary alicyclic amines) is 1. The third kappa shape index (κ3) is 4.02. The fraction of sp³-hybridized carbons (Fsp3) is 0.857. The smallest absolute Gasteiger partial charge is 0.310 e. The van der Waals surface area contributed by atoms with Gasteiger partial charge in [0.05, 0.1) is 23.2 Å². The molecule has 29 heavy (non-hydrogen) atoms. The first kappa shape index (κ1) is 22.4. The number of thioether (sulfide) groups is 1. The van der Waals surface area contributed by atoms with Crippen LogP contribution >= 0.6 is 11.8 Å². The van der Waals surface area contributed by atoms with Gasteiger partial charge in [-0.2, -0.15) is 0 Å². The van der Waals surface area contributed by atoms with Crippen molar-refractivity contribution in [2.75, 3.05) is 26.3 Å². The molecule has 0 aromatic heterocycles. The SMILES string of the molecule is CCCCCNC(=O)C1N(CCCCO)C(=O)[C@@H]2[C@@H](C(=O)OCC)[C@H]3CCC12S3. The van der Waals surface area contributed by atoms with Crippen LogP contribution in [0.15, 0.2) is 0 Å². The van der Waals surface area contributed by atoms with Crippen molar-refractivity contribution in [1.82, 2.24) is 10.2 Å². The van der Waals surface area contributed by atoms with Crippen molar-refractivity contribution < 1.29 is 24.2 Å². The van der Waals surface area contributed by atoms with Crippen LogP contribution in [0.25, 0.3) is 0 Å². The van der Waals surface area contributed by atoms with Crippen molar-refractivity contribution in [3.63, 3.8) is 0 Å². The molecule has 5 atom stereocenters. The number of nitrogens with one attached hydrogen (secondary N) is 1. The number of nitrogens with zero attached hydrogens (tertiary/aromatic N) is 1. The largest absolute Gasteiger partial charge is 0.466 e. The molecule has 164 valence electrons. The number of carbonyl (C=O) groups excluding carboxylic acids is 3. The Morgan fingerprint density at radius 2 is 2.07 bits per heavy atom. The Balaban J connectivity index is 1.84. The van der Waals surface area contributed by atoms with E-state index < -0.39 is 22.6 Å². The van der Waals surface area contributed by atoms with Gasteiger partial charge in [0.15, 0.2) is 0 Å². The topological polar surface area (TPSA) is 95.9 Å². The Labute approximate surface area is 177 Å². The first-order valence-electron chi connectivity index (χ1n) is 11.0. The van der Waals surface area contributed by atoms with Crippen LogP contribution in [0.2, 0.25) is 0 Å². The summed E-state index contributed by atoms with van der Waals surface area (Å²) in [7, 11) is 0. The van der Waals surface area contributed by atoms with Crippen LogP contribution in [0, 0.1) is 11.8 Å². The Bertz CT molecular complexity index is 630. The van der Waals surface area contributed by atoms with E-state index in [-0.39, 0.29) is 29.6 Å². The third-order valence-corrected chi connectivity index (χ3v) is 8.45. The molecule has 0 aromatic carbocycles. The summed E-state index contributed by atoms with van der Waals surface area (Å²) < 4.78 is 4.76. The molecule has 2 unspecified atom stereocenters. The molecule has 0 aromatic rings. The van der Waals surface area contributed by atoms with Crippen molar-refractivity contribution in [2.24, 2.45) is 11.8 Å². The van der Waals surface area contributed by atoms with Gasteiger partial charge in [-0.05, 0) is 39.0 Å². The average molecular weight is 427 g/mol. The van der Waals surface area contributed by atoms with Crippen molar-refractivity contribution in [3.8, 4) is 0 Å². The zero-order valence-corrected chi connectivity index (χ0v) is 18.3. The molecule has 0 aliphatic carbocycles. The Kier molecular flexibility index (Phi) is 7.48. The van der Waals surface area contributed by atoms with E-state index in [0.717, 1.165) is 32.1 Å². The Morgan fingerprint density at radius 3 is 2.76 bits per heavy atom. The highest BCUT2D eigenvalue weighted by Crippen LogP contribution is 2.66. The maximum atomic E-state index is 13.4. The molecule has 2 amide bonds. The van der Waals surface area contributed by atoms with Crippen molar-refractivity contribution >= 4 is 29.5 Å². The average Bonchev–Trinajstić information content (AvgIpc) is 3.33. The predicted molar refractivity (Wildman–Crippen MR) is 111 cm³/mol. The van der Waals surface area contributed by atoms with Crippen molar-refractivity contribution in [3.05, 3.63) is 0 Å². The predicted octanol–water partition coefficient (Wildman–Crippen LogP) is 1.72. The number of unbranched alkanes of at least 4 members (excludes halogenated alkanes) is 3. The summed E-state index contributed by atoms with van der Waals surface area (Å²) in [5.41, 5.74) is 0. The highest BCUT2D eigenvalue weighted by atomic mass is 32.2. The second kappa shape index (κ2) is 9.69. The molecular weight excluding hydrogens is 392 g/mol. The first-order valence-corrected chi connectivity index (χ1v) is 11.9. The maximum Gasteiger partial charge on any atom is 0.310 e. The van der Waals surface area contributed by atoms with E-state index in [4.69, 9.17) is 9.84 Å². The fourth-order valence-electron chi connectivity index (χ4n) is 5.28. The second-order valence-corrected chi connectivity index (χ2v) is 9.87. The Morgan fingerprint density at radius 1 is 1.28 bits per heavy atom. The van der Waals surface area contributed by atoms with Gasteiger partial charge in [0.25, 0.3) is 0 Å². The third-order valence-electron chi connectivity index (χ3n) is 6.49. The molecule has 3 aliphatic rings. The molecular formula is C21H34N2O5S. The van der Waals surface area contributed by atoms with Crippen LogP contribution < -0.4 is 5.32 Å². The van der Waals surface area contributed by atoms with Gasteiger partial charge < -0.3 is 20.1 Å². The second-order valence-electron chi connectivity index (χ2n) is 8.27. The number of carbonyl (C=O) groups is 3. The van der Waals surface area contributed by atoms with E-state index in [1.54, 1.807) is 23.6 Å². The highest BCUT2D eigenvalue weighted by Gasteiger charge is 2.73. The van der Waals surface area contributed by atoms with E-state index in [2.05, 4.69) is 12.2 Å². The van der Waals surface area contributed by atoms with E-state index in [1.165, 1.54) is 0 Å². The number of ether oxygens (including phenoxy) is 1. The van der Waals surface area contributed by atoms with Crippen molar-refractivity contribution in [1.29, 1.82) is 0 Å². The number of fused-ring (bicyclic) bond motifs is 1. The summed E-state index contributed by atoms with van der Waals surface area (Å²) >= 11 is 1.67. The van der Waals surface area contributed by atoms with Crippen LogP contribution in [-0.4, -0.2) is 70.1 Å². The fourth-order valence-corrected chi connectivity index (χ4v) is 7.48. The van der Waals surface area contributed by atoms with Gasteiger partial charge in [-0.25, -0.2) is 0 Å². The van der Waals surface area contributed by atoms with Crippen LogP contribution in [0.4, 0.5) is 0 Å². The van der Waals surface area contributed by atoms with Gasteiger partial charge in [0, 0.05) is 24.9 Å². The summed E-state index contributed by atoms with van der Waals surface area (Å²) in [5, 5.41) is 12.2. The summed E-state index contributed by atoms with van der Waals surface area (Å²) in [6.07, 6.45) is 5.90. The molecule has 3 fully saturated rings. The molecule has 3 aliphatic heterocycles. The molecule has 1 spiro atoms. The van der Waals surface area contributed by atoms with Gasteiger partial charge in [-0.3, -0.25) is 14.4 Å². The van der Waals surface area contributed by atoms with Gasteiger partial charge in [0.1, 0.15) is 6.04 Å². The lowest BCUT2D eigenvalue weighted by atomic mass is 9.71. The van der Waals surface area contributed by atoms with E-state index in [1.807, 2.05) is 0 Å². The quantitative estimate of drug-likeness (QED) is 0.386. The lowest BCUT2D eigenvalue weighted by Gasteiger charge is -2.34. The summed E-state index contributed by atoms with van der Waals surface area (Å²) in [5.74, 6) is -1.43. The lowest BCUT2D eigenvalue weighted by Crippen LogP contribution is -2.53. The molecule has 3 rings (SSSR count). The normalized spacial score (nSPS) is 32.5. The minimum atomic E-state index is -0.547. The number of rotatable bonds is 11. The van der Waals surface area contributed by atoms with Gasteiger partial charge >= 0.3 is 5.97 Å². The van der Waals surface area contributed by atoms with Crippen LogP contribution in [0.3, 0.4) is 0 Å². The van der Waals surface area contributed by atoms with Crippen molar-refractivity contribution in [2.45, 2.75) is 74.8 Å². The molecule has 0 radical (unpaired) electrons. The molecule has 7 nitrogen and oxygen atoms in total. The van der Waals surface area contributed by atoms with Gasteiger partial charge in [-0.1, -0.05) is 19.8 Å². The lowest BCUT2D eigenvalue weighted by molar-refractivity contribution is -0.153. The summed E-state index contributed by atoms with van der Waals surface area (Å²) in [6, 6.07) is -0.547. The maximum absolute atomic E-state index is 13.4. The summed E-state index contributed by atoms with van der Waals surface area (Å²) in [6.45, 7) is 5.30. The molecule has 2 bridgehead atoms.